The highest BCUT2D eigenvalue weighted by Gasteiger charge is 2.10. The number of carbonyl (C=O) groups excluding carboxylic acids is 1. The molecule has 3 N–H and O–H groups in total. The van der Waals surface area contributed by atoms with Crippen molar-refractivity contribution in [2.45, 2.75) is 6.42 Å². The summed E-state index contributed by atoms with van der Waals surface area (Å²) in [4.78, 5) is 18.5. The molecular weight excluding hydrogens is 209 g/mol. The lowest BCUT2D eigenvalue weighted by atomic mass is 10.1. The fourth-order valence-electron chi connectivity index (χ4n) is 1.42. The summed E-state index contributed by atoms with van der Waals surface area (Å²) in [5.74, 6) is -0.184. The van der Waals surface area contributed by atoms with Crippen LogP contribution in [0.3, 0.4) is 0 Å². The number of imidazole rings is 1. The van der Waals surface area contributed by atoms with Gasteiger partial charge in [0.2, 0.25) is 0 Å². The van der Waals surface area contributed by atoms with Gasteiger partial charge in [-0.05, 0) is 18.2 Å². The SMILES string of the molecule is Nc1cc(F)cc(C(=O)Cc2ncc[nH]2)c1. The number of halogens is 1. The number of nitrogens with one attached hydrogen (secondary N) is 1. The van der Waals surface area contributed by atoms with Gasteiger partial charge in [-0.25, -0.2) is 9.37 Å². The summed E-state index contributed by atoms with van der Waals surface area (Å²) in [6.45, 7) is 0. The second kappa shape index (κ2) is 4.14. The van der Waals surface area contributed by atoms with E-state index in [1.807, 2.05) is 0 Å². The van der Waals surface area contributed by atoms with Crippen LogP contribution in [0.25, 0.3) is 0 Å². The number of H-pyrrole nitrogens is 1. The van der Waals surface area contributed by atoms with E-state index in [-0.39, 0.29) is 23.5 Å². The van der Waals surface area contributed by atoms with Gasteiger partial charge in [0, 0.05) is 23.6 Å². The largest absolute Gasteiger partial charge is 0.399 e. The number of benzene rings is 1. The summed E-state index contributed by atoms with van der Waals surface area (Å²) in [5.41, 5.74) is 5.95. The van der Waals surface area contributed by atoms with E-state index in [4.69, 9.17) is 5.73 Å². The van der Waals surface area contributed by atoms with E-state index in [2.05, 4.69) is 9.97 Å². The van der Waals surface area contributed by atoms with E-state index in [9.17, 15) is 9.18 Å². The molecule has 4 nitrogen and oxygen atoms in total. The molecule has 1 aromatic heterocycles. The van der Waals surface area contributed by atoms with Gasteiger partial charge in [0.05, 0.1) is 6.42 Å². The third kappa shape index (κ3) is 2.25. The van der Waals surface area contributed by atoms with Gasteiger partial charge in [-0.15, -0.1) is 0 Å². The van der Waals surface area contributed by atoms with E-state index >= 15 is 0 Å². The minimum atomic E-state index is -0.511. The first kappa shape index (κ1) is 10.4. The normalized spacial score (nSPS) is 10.3. The molecule has 2 aromatic rings. The highest BCUT2D eigenvalue weighted by atomic mass is 19.1. The Bertz CT molecular complexity index is 488. The molecule has 1 aromatic carbocycles. The third-order valence-corrected chi connectivity index (χ3v) is 2.12. The van der Waals surface area contributed by atoms with E-state index in [0.29, 0.717) is 5.82 Å². The first-order valence-electron chi connectivity index (χ1n) is 4.72. The Kier molecular flexibility index (Phi) is 2.68. The highest BCUT2D eigenvalue weighted by molar-refractivity contribution is 5.97. The summed E-state index contributed by atoms with van der Waals surface area (Å²) in [5, 5.41) is 0. The zero-order valence-electron chi connectivity index (χ0n) is 8.40. The van der Waals surface area contributed by atoms with E-state index < -0.39 is 5.82 Å². The zero-order chi connectivity index (χ0) is 11.5. The first-order chi connectivity index (χ1) is 7.65. The molecular formula is C11H10FN3O. The number of nitrogens with two attached hydrogens (primary N) is 1. The van der Waals surface area contributed by atoms with Gasteiger partial charge in [-0.3, -0.25) is 4.79 Å². The molecule has 1 heterocycles. The van der Waals surface area contributed by atoms with Gasteiger partial charge < -0.3 is 10.7 Å². The van der Waals surface area contributed by atoms with Crippen LogP contribution in [0.2, 0.25) is 0 Å². The van der Waals surface area contributed by atoms with Crippen LogP contribution in [-0.4, -0.2) is 15.8 Å². The van der Waals surface area contributed by atoms with Crippen molar-refractivity contribution < 1.29 is 9.18 Å². The molecule has 0 unspecified atom stereocenters. The lowest BCUT2D eigenvalue weighted by Gasteiger charge is -2.01. The zero-order valence-corrected chi connectivity index (χ0v) is 8.40. The van der Waals surface area contributed by atoms with Gasteiger partial charge in [0.25, 0.3) is 0 Å². The summed E-state index contributed by atoms with van der Waals surface area (Å²) in [7, 11) is 0. The Morgan fingerprint density at radius 3 is 2.88 bits per heavy atom. The average molecular weight is 219 g/mol. The Labute approximate surface area is 91.3 Å². The lowest BCUT2D eigenvalue weighted by molar-refractivity contribution is 0.0990. The standard InChI is InChI=1S/C11H10FN3O/c12-8-3-7(4-9(13)5-8)10(16)6-11-14-1-2-15-11/h1-5H,6,13H2,(H,14,15). The predicted octanol–water partition coefficient (Wildman–Crippen LogP) is 1.56. The van der Waals surface area contributed by atoms with Crippen molar-refractivity contribution in [3.8, 4) is 0 Å². The Morgan fingerprint density at radius 1 is 1.44 bits per heavy atom. The van der Waals surface area contributed by atoms with Gasteiger partial charge in [0.1, 0.15) is 11.6 Å². The number of carbonyl (C=O) groups is 1. The van der Waals surface area contributed by atoms with Crippen LogP contribution in [0.15, 0.2) is 30.6 Å². The predicted molar refractivity (Wildman–Crippen MR) is 57.4 cm³/mol. The van der Waals surface area contributed by atoms with Gasteiger partial charge in [-0.2, -0.15) is 0 Å². The van der Waals surface area contributed by atoms with Crippen LogP contribution in [-0.2, 0) is 6.42 Å². The van der Waals surface area contributed by atoms with Crippen molar-refractivity contribution in [1.82, 2.24) is 9.97 Å². The minimum absolute atomic E-state index is 0.107. The van der Waals surface area contributed by atoms with Crippen molar-refractivity contribution in [3.63, 3.8) is 0 Å². The quantitative estimate of drug-likeness (QED) is 0.607. The highest BCUT2D eigenvalue weighted by Crippen LogP contribution is 2.12. The molecule has 0 spiro atoms. The molecule has 82 valence electrons. The molecule has 5 heteroatoms. The first-order valence-corrected chi connectivity index (χ1v) is 4.72. The van der Waals surface area contributed by atoms with Crippen LogP contribution in [0.1, 0.15) is 16.2 Å². The summed E-state index contributed by atoms with van der Waals surface area (Å²) in [6, 6.07) is 3.79. The molecule has 0 bridgehead atoms. The Morgan fingerprint density at radius 2 is 2.25 bits per heavy atom. The van der Waals surface area contributed by atoms with Crippen LogP contribution < -0.4 is 5.73 Å². The third-order valence-electron chi connectivity index (χ3n) is 2.12. The molecule has 0 aliphatic heterocycles. The van der Waals surface area contributed by atoms with E-state index in [1.54, 1.807) is 12.4 Å². The molecule has 0 aliphatic carbocycles. The Balaban J connectivity index is 2.21. The molecule has 0 radical (unpaired) electrons. The topological polar surface area (TPSA) is 71.8 Å². The van der Waals surface area contributed by atoms with Crippen molar-refractivity contribution in [2.24, 2.45) is 0 Å². The monoisotopic (exact) mass is 219 g/mol. The van der Waals surface area contributed by atoms with Crippen molar-refractivity contribution >= 4 is 11.5 Å². The van der Waals surface area contributed by atoms with Gasteiger partial charge >= 0.3 is 0 Å². The number of hydrogen-bond acceptors (Lipinski definition) is 3. The number of Topliss-reactive ketones (excluding diaryl/α,β-unsaturated/α-hetero) is 1. The van der Waals surface area contributed by atoms with Crippen LogP contribution in [0.5, 0.6) is 0 Å². The fraction of sp³-hybridized carbons (Fsp3) is 0.0909. The number of aromatic nitrogens is 2. The fourth-order valence-corrected chi connectivity index (χ4v) is 1.42. The van der Waals surface area contributed by atoms with Crippen molar-refractivity contribution in [1.29, 1.82) is 0 Å². The smallest absolute Gasteiger partial charge is 0.170 e. The molecule has 0 atom stereocenters. The van der Waals surface area contributed by atoms with Crippen LogP contribution in [0, 0.1) is 5.82 Å². The second-order valence-corrected chi connectivity index (χ2v) is 3.41. The molecule has 0 aliphatic rings. The number of aromatic amines is 1. The molecule has 2 rings (SSSR count). The lowest BCUT2D eigenvalue weighted by Crippen LogP contribution is -2.06. The van der Waals surface area contributed by atoms with Gasteiger partial charge in [0.15, 0.2) is 5.78 Å². The molecule has 16 heavy (non-hydrogen) atoms. The summed E-state index contributed by atoms with van der Waals surface area (Å²) < 4.78 is 13.0. The minimum Gasteiger partial charge on any atom is -0.399 e. The number of rotatable bonds is 3. The maximum atomic E-state index is 13.0. The summed E-state index contributed by atoms with van der Waals surface area (Å²) >= 11 is 0. The number of nitrogen functional groups attached to an aromatic ring is 1. The molecule has 0 saturated carbocycles. The second-order valence-electron chi connectivity index (χ2n) is 3.41. The number of hydrogen-bond donors (Lipinski definition) is 2. The maximum Gasteiger partial charge on any atom is 0.170 e. The molecule has 0 fully saturated rings. The van der Waals surface area contributed by atoms with Crippen LogP contribution >= 0.6 is 0 Å². The van der Waals surface area contributed by atoms with Crippen molar-refractivity contribution in [2.75, 3.05) is 5.73 Å². The van der Waals surface area contributed by atoms with Crippen molar-refractivity contribution in [3.05, 3.63) is 47.8 Å². The van der Waals surface area contributed by atoms with Gasteiger partial charge in [-0.1, -0.05) is 0 Å². The van der Waals surface area contributed by atoms with E-state index in [0.717, 1.165) is 0 Å². The summed E-state index contributed by atoms with van der Waals surface area (Å²) in [6.07, 6.45) is 3.29. The number of ketones is 1. The average Bonchev–Trinajstić information content (AvgIpc) is 2.68. The van der Waals surface area contributed by atoms with E-state index in [1.165, 1.54) is 18.2 Å². The Hall–Kier alpha value is -2.17. The van der Waals surface area contributed by atoms with Crippen LogP contribution in [0.4, 0.5) is 10.1 Å². The molecule has 0 saturated heterocycles. The number of nitrogens with zero attached hydrogens (tertiary/aromatic N) is 1. The number of anilines is 1. The molecule has 0 amide bonds. The maximum absolute atomic E-state index is 13.0.